The van der Waals surface area contributed by atoms with Gasteiger partial charge in [-0.1, -0.05) is 64.7 Å². The molecule has 408 valence electrons. The fourth-order valence-corrected chi connectivity index (χ4v) is 8.64. The van der Waals surface area contributed by atoms with E-state index < -0.39 is 172 Å². The SMILES string of the molecule is CCCCCCCCCCCCO[C@@H]1O[C@H](CO)[C@@H](OO[C@@H]2O[C@H](CO)[C@H](O)[C@H](OO[C@]3(C(=O)O)C[C@H](O)[C@@H](NC(C)=O)[C@H]([C@@H](O)[C@H](O)CO)O3)[C@H]2O)[C@H](O[C@@H]2O[C@@H](C)[C@@H](O)[C@@H](O)[C@@H]2O)[C@H]1NC(C)=O. The van der Waals surface area contributed by atoms with Gasteiger partial charge in [0, 0.05) is 26.9 Å². The molecule has 21 atom stereocenters. The van der Waals surface area contributed by atoms with Crippen LogP contribution in [0.1, 0.15) is 98.3 Å². The summed E-state index contributed by atoms with van der Waals surface area (Å²) in [6, 6.07) is -2.94. The number of aliphatic carboxylic acids is 1. The van der Waals surface area contributed by atoms with E-state index in [0.717, 1.165) is 39.0 Å². The highest BCUT2D eigenvalue weighted by Gasteiger charge is 2.59. The average Bonchev–Trinajstić information content (AvgIpc) is 3.32. The summed E-state index contributed by atoms with van der Waals surface area (Å²) in [7, 11) is 0. The molecular weight excluding hydrogens is 944 g/mol. The van der Waals surface area contributed by atoms with Gasteiger partial charge in [0.15, 0.2) is 18.7 Å². The lowest BCUT2D eigenvalue weighted by molar-refractivity contribution is -0.501. The van der Waals surface area contributed by atoms with Crippen molar-refractivity contribution in [2.75, 3.05) is 26.4 Å². The van der Waals surface area contributed by atoms with Gasteiger partial charge in [-0.25, -0.2) is 19.5 Å². The van der Waals surface area contributed by atoms with Gasteiger partial charge in [-0.3, -0.25) is 9.59 Å². The van der Waals surface area contributed by atoms with Crippen LogP contribution in [0.4, 0.5) is 0 Å². The molecule has 4 aliphatic rings. The van der Waals surface area contributed by atoms with Crippen molar-refractivity contribution in [3.63, 3.8) is 0 Å². The Morgan fingerprint density at radius 3 is 1.81 bits per heavy atom. The lowest BCUT2D eigenvalue weighted by Crippen LogP contribution is -2.69. The summed E-state index contributed by atoms with van der Waals surface area (Å²) in [6.07, 6.45) is -23.2. The molecule has 70 heavy (non-hydrogen) atoms. The summed E-state index contributed by atoms with van der Waals surface area (Å²) in [4.78, 5) is 59.1. The number of hydrogen-bond donors (Lipinski definition) is 14. The van der Waals surface area contributed by atoms with Crippen LogP contribution in [0.5, 0.6) is 0 Å². The molecule has 0 bridgehead atoms. The molecule has 2 amide bonds. The van der Waals surface area contributed by atoms with E-state index in [2.05, 4.69) is 17.6 Å². The molecule has 0 aromatic rings. The van der Waals surface area contributed by atoms with Crippen molar-refractivity contribution in [3.05, 3.63) is 0 Å². The first-order valence-electron chi connectivity index (χ1n) is 23.9. The van der Waals surface area contributed by atoms with E-state index >= 15 is 0 Å². The fraction of sp³-hybridized carbons (Fsp3) is 0.930. The minimum Gasteiger partial charge on any atom is -0.477 e. The summed E-state index contributed by atoms with van der Waals surface area (Å²) in [5, 5.41) is 132. The number of carbonyl (C=O) groups excluding carboxylic acids is 2. The summed E-state index contributed by atoms with van der Waals surface area (Å²) in [5.41, 5.74) is 0. The van der Waals surface area contributed by atoms with Crippen LogP contribution in [0.15, 0.2) is 0 Å². The maximum atomic E-state index is 12.7. The molecule has 4 fully saturated rings. The molecule has 0 radical (unpaired) electrons. The van der Waals surface area contributed by atoms with Crippen LogP contribution in [0.2, 0.25) is 0 Å². The Labute approximate surface area is 404 Å². The number of aliphatic hydroxyl groups excluding tert-OH is 11. The van der Waals surface area contributed by atoms with Gasteiger partial charge in [0.2, 0.25) is 18.1 Å². The first kappa shape index (κ1) is 60.1. The lowest BCUT2D eigenvalue weighted by Gasteiger charge is -2.48. The number of carboxylic acids is 1. The van der Waals surface area contributed by atoms with E-state index in [-0.39, 0.29) is 6.61 Å². The second kappa shape index (κ2) is 28.9. The third-order valence-electron chi connectivity index (χ3n) is 12.6. The van der Waals surface area contributed by atoms with Crippen LogP contribution in [-0.4, -0.2) is 234 Å². The molecule has 0 aromatic heterocycles. The molecule has 0 saturated carbocycles. The molecule has 4 aliphatic heterocycles. The van der Waals surface area contributed by atoms with Crippen LogP contribution >= 0.6 is 0 Å². The Kier molecular flexibility index (Phi) is 24.8. The van der Waals surface area contributed by atoms with E-state index in [1.807, 2.05) is 0 Å². The third-order valence-corrected chi connectivity index (χ3v) is 12.6. The summed E-state index contributed by atoms with van der Waals surface area (Å²) >= 11 is 0. The summed E-state index contributed by atoms with van der Waals surface area (Å²) in [6.45, 7) is 2.94. The van der Waals surface area contributed by atoms with Crippen molar-refractivity contribution in [3.8, 4) is 0 Å². The van der Waals surface area contributed by atoms with Crippen molar-refractivity contribution in [2.24, 2.45) is 0 Å². The van der Waals surface area contributed by atoms with E-state index in [1.165, 1.54) is 39.5 Å². The highest BCUT2D eigenvalue weighted by molar-refractivity contribution is 5.76. The first-order chi connectivity index (χ1) is 33.2. The van der Waals surface area contributed by atoms with Crippen molar-refractivity contribution in [1.29, 1.82) is 0 Å². The minimum absolute atomic E-state index is 0.125. The Bertz CT molecular complexity index is 1570. The van der Waals surface area contributed by atoms with Crippen molar-refractivity contribution in [2.45, 2.75) is 227 Å². The second-order valence-electron chi connectivity index (χ2n) is 18.2. The Balaban J connectivity index is 1.56. The van der Waals surface area contributed by atoms with E-state index in [0.29, 0.717) is 6.42 Å². The standard InChI is InChI=1S/C43H76N2O25/c1-5-6-7-8-9-10-11-12-13-14-15-61-39-28(45-22(4)50)37(65-40-33(57)32(56)29(53)20(2)62-40)35(26(19-48)64-39)67-69-41-34(58)38(31(55)25(18-47)63-41)68-70-43(42(59)60)16-23(51)27(44-21(3)49)36(66-43)30(54)24(52)17-46/h20,23-41,46-48,51-58H,5-19H2,1-4H3,(H,44,49)(H,45,50)(H,59,60)/t20-,23-,24+,25+,26+,27+,28+,29+,30-,31-,32+,33-,34+,35+,36+,37+,38-,39+,40-,41-,43-/m0/s1. The number of unbranched alkanes of at least 4 members (excludes halogenated alkanes) is 9. The van der Waals surface area contributed by atoms with Gasteiger partial charge in [0.05, 0.1) is 38.1 Å². The molecule has 14 N–H and O–H groups in total. The molecule has 4 saturated heterocycles. The van der Waals surface area contributed by atoms with Gasteiger partial charge >= 0.3 is 11.8 Å². The van der Waals surface area contributed by atoms with Crippen molar-refractivity contribution in [1.82, 2.24) is 10.6 Å². The predicted molar refractivity (Wildman–Crippen MR) is 231 cm³/mol. The number of carboxylic acid groups (broad SMARTS) is 1. The maximum absolute atomic E-state index is 12.7. The van der Waals surface area contributed by atoms with E-state index in [4.69, 9.17) is 48.0 Å². The van der Waals surface area contributed by atoms with Gasteiger partial charge in [0.25, 0.3) is 0 Å². The number of aliphatic hydroxyl groups is 11. The second-order valence-corrected chi connectivity index (χ2v) is 18.2. The summed E-state index contributed by atoms with van der Waals surface area (Å²) in [5.74, 6) is -6.54. The molecular formula is C43H76N2O25. The van der Waals surface area contributed by atoms with Gasteiger partial charge < -0.3 is 100 Å². The quantitative estimate of drug-likeness (QED) is 0.0200. The molecule has 4 heterocycles. The predicted octanol–water partition coefficient (Wildman–Crippen LogP) is -4.42. The number of nitrogens with one attached hydrogen (secondary N) is 2. The number of amides is 2. The Morgan fingerprint density at radius 1 is 0.657 bits per heavy atom. The zero-order valence-electron chi connectivity index (χ0n) is 39.8. The monoisotopic (exact) mass is 1020 g/mol. The number of rotatable bonds is 28. The van der Waals surface area contributed by atoms with E-state index in [1.54, 1.807) is 0 Å². The third kappa shape index (κ3) is 15.8. The van der Waals surface area contributed by atoms with Crippen LogP contribution in [0.3, 0.4) is 0 Å². The molecule has 0 aromatic carbocycles. The van der Waals surface area contributed by atoms with Gasteiger partial charge in [-0.05, 0) is 13.3 Å². The average molecular weight is 1020 g/mol. The maximum Gasteiger partial charge on any atom is 0.367 e. The smallest absolute Gasteiger partial charge is 0.367 e. The van der Waals surface area contributed by atoms with Gasteiger partial charge in [-0.2, -0.15) is 4.89 Å². The molecule has 27 nitrogen and oxygen atoms in total. The molecule has 0 spiro atoms. The topological polar surface area (TPSA) is 410 Å². The van der Waals surface area contributed by atoms with Crippen LogP contribution in [0.25, 0.3) is 0 Å². The van der Waals surface area contributed by atoms with Crippen molar-refractivity contribution >= 4 is 17.8 Å². The highest BCUT2D eigenvalue weighted by atomic mass is 17.2. The number of ether oxygens (including phenoxy) is 6. The van der Waals surface area contributed by atoms with Crippen molar-refractivity contribution < 1.29 is 124 Å². The van der Waals surface area contributed by atoms with Gasteiger partial charge in [0.1, 0.15) is 79.3 Å². The van der Waals surface area contributed by atoms with Gasteiger partial charge in [-0.15, -0.1) is 0 Å². The van der Waals surface area contributed by atoms with Crippen LogP contribution in [0, 0.1) is 0 Å². The van der Waals surface area contributed by atoms with Crippen LogP contribution in [-0.2, 0) is 62.4 Å². The fourth-order valence-electron chi connectivity index (χ4n) is 8.64. The normalized spacial score (nSPS) is 39.0. The zero-order valence-corrected chi connectivity index (χ0v) is 39.8. The molecule has 0 aliphatic carbocycles. The zero-order chi connectivity index (χ0) is 51.9. The Morgan fingerprint density at radius 2 is 1.24 bits per heavy atom. The lowest BCUT2D eigenvalue weighted by atomic mass is 9.88. The minimum atomic E-state index is -3.12. The molecule has 4 rings (SSSR count). The number of hydrogen-bond acceptors (Lipinski definition) is 24. The Hall–Kier alpha value is -2.43. The summed E-state index contributed by atoms with van der Waals surface area (Å²) < 4.78 is 35.1. The first-order valence-corrected chi connectivity index (χ1v) is 23.9. The highest BCUT2D eigenvalue weighted by Crippen LogP contribution is 2.37. The molecule has 0 unspecified atom stereocenters. The number of carbonyl (C=O) groups is 3. The largest absolute Gasteiger partial charge is 0.477 e. The van der Waals surface area contributed by atoms with Crippen LogP contribution < -0.4 is 10.6 Å². The molecule has 27 heteroatoms. The van der Waals surface area contributed by atoms with E-state index in [9.17, 15) is 75.7 Å².